The predicted octanol–water partition coefficient (Wildman–Crippen LogP) is 3.03. The Morgan fingerprint density at radius 2 is 1.60 bits per heavy atom. The molecule has 106 valence electrons. The minimum atomic E-state index is 0.209. The highest BCUT2D eigenvalue weighted by molar-refractivity contribution is 5.25. The number of benzene rings is 2. The Kier molecular flexibility index (Phi) is 5.78. The second-order valence-corrected chi connectivity index (χ2v) is 5.16. The zero-order valence-electron chi connectivity index (χ0n) is 12.1. The van der Waals surface area contributed by atoms with E-state index >= 15 is 0 Å². The average molecular weight is 269 g/mol. The molecule has 20 heavy (non-hydrogen) atoms. The molecule has 0 heterocycles. The van der Waals surface area contributed by atoms with E-state index in [0.29, 0.717) is 0 Å². The maximum absolute atomic E-state index is 9.24. The standard InChI is InChI=1S/C18H23NO/c1-16-7-5-6-10-18(16)15-19(13-14-20)12-11-17-8-3-2-4-9-17/h2-10,20H,11-15H2,1H3. The molecule has 2 nitrogen and oxygen atoms in total. The van der Waals surface area contributed by atoms with E-state index in [1.165, 1.54) is 16.7 Å². The third-order valence-electron chi connectivity index (χ3n) is 3.63. The van der Waals surface area contributed by atoms with Crippen LogP contribution in [0.15, 0.2) is 54.6 Å². The summed E-state index contributed by atoms with van der Waals surface area (Å²) >= 11 is 0. The molecule has 0 aromatic heterocycles. The summed E-state index contributed by atoms with van der Waals surface area (Å²) in [6, 6.07) is 19.0. The Morgan fingerprint density at radius 1 is 0.900 bits per heavy atom. The fourth-order valence-electron chi connectivity index (χ4n) is 2.37. The van der Waals surface area contributed by atoms with Crippen LogP contribution in [0.2, 0.25) is 0 Å². The molecule has 2 rings (SSSR count). The molecule has 0 fully saturated rings. The van der Waals surface area contributed by atoms with Crippen molar-refractivity contribution in [1.29, 1.82) is 0 Å². The summed E-state index contributed by atoms with van der Waals surface area (Å²) in [5.74, 6) is 0. The first-order valence-electron chi connectivity index (χ1n) is 7.21. The monoisotopic (exact) mass is 269 g/mol. The molecular formula is C18H23NO. The SMILES string of the molecule is Cc1ccccc1CN(CCO)CCc1ccccc1. The van der Waals surface area contributed by atoms with Gasteiger partial charge in [-0.15, -0.1) is 0 Å². The topological polar surface area (TPSA) is 23.5 Å². The molecule has 0 bridgehead atoms. The normalized spacial score (nSPS) is 10.9. The highest BCUT2D eigenvalue weighted by Crippen LogP contribution is 2.11. The number of nitrogens with zero attached hydrogens (tertiary/aromatic N) is 1. The van der Waals surface area contributed by atoms with Crippen molar-refractivity contribution in [3.8, 4) is 0 Å². The summed E-state index contributed by atoms with van der Waals surface area (Å²) < 4.78 is 0. The lowest BCUT2D eigenvalue weighted by molar-refractivity contribution is 0.191. The molecular weight excluding hydrogens is 246 g/mol. The van der Waals surface area contributed by atoms with Crippen molar-refractivity contribution in [2.45, 2.75) is 19.9 Å². The summed E-state index contributed by atoms with van der Waals surface area (Å²) in [6.45, 7) is 4.95. The molecule has 0 aliphatic heterocycles. The molecule has 0 aliphatic carbocycles. The second kappa shape index (κ2) is 7.83. The minimum Gasteiger partial charge on any atom is -0.395 e. The van der Waals surface area contributed by atoms with Crippen molar-refractivity contribution in [3.63, 3.8) is 0 Å². The lowest BCUT2D eigenvalue weighted by Crippen LogP contribution is -2.29. The maximum atomic E-state index is 9.24. The summed E-state index contributed by atoms with van der Waals surface area (Å²) in [6.07, 6.45) is 1.02. The molecule has 1 N–H and O–H groups in total. The number of hydrogen-bond donors (Lipinski definition) is 1. The van der Waals surface area contributed by atoms with Gasteiger partial charge >= 0.3 is 0 Å². The van der Waals surface area contributed by atoms with Gasteiger partial charge in [-0.05, 0) is 30.0 Å². The number of aliphatic hydroxyl groups is 1. The van der Waals surface area contributed by atoms with Gasteiger partial charge in [-0.1, -0.05) is 54.6 Å². The van der Waals surface area contributed by atoms with Gasteiger partial charge in [0, 0.05) is 19.6 Å². The lowest BCUT2D eigenvalue weighted by Gasteiger charge is -2.22. The van der Waals surface area contributed by atoms with Crippen molar-refractivity contribution in [1.82, 2.24) is 4.90 Å². The maximum Gasteiger partial charge on any atom is 0.0558 e. The van der Waals surface area contributed by atoms with Crippen LogP contribution in [0.5, 0.6) is 0 Å². The Labute approximate surface area is 121 Å². The number of rotatable bonds is 7. The van der Waals surface area contributed by atoms with Crippen molar-refractivity contribution in [2.75, 3.05) is 19.7 Å². The van der Waals surface area contributed by atoms with Crippen LogP contribution in [0.3, 0.4) is 0 Å². The van der Waals surface area contributed by atoms with Gasteiger partial charge < -0.3 is 5.11 Å². The van der Waals surface area contributed by atoms with Crippen LogP contribution in [0.25, 0.3) is 0 Å². The van der Waals surface area contributed by atoms with E-state index in [2.05, 4.69) is 60.4 Å². The Hall–Kier alpha value is -1.64. The third kappa shape index (κ3) is 4.48. The van der Waals surface area contributed by atoms with E-state index in [1.807, 2.05) is 6.07 Å². The van der Waals surface area contributed by atoms with Crippen molar-refractivity contribution >= 4 is 0 Å². The van der Waals surface area contributed by atoms with Gasteiger partial charge in [0.2, 0.25) is 0 Å². The fraction of sp³-hybridized carbons (Fsp3) is 0.333. The van der Waals surface area contributed by atoms with E-state index in [0.717, 1.165) is 26.1 Å². The van der Waals surface area contributed by atoms with E-state index in [-0.39, 0.29) is 6.61 Å². The molecule has 2 aromatic carbocycles. The van der Waals surface area contributed by atoms with Crippen LogP contribution in [0, 0.1) is 6.92 Å². The molecule has 2 heteroatoms. The molecule has 0 saturated heterocycles. The molecule has 0 spiro atoms. The van der Waals surface area contributed by atoms with Crippen LogP contribution in [0.1, 0.15) is 16.7 Å². The van der Waals surface area contributed by atoms with Gasteiger partial charge in [-0.3, -0.25) is 4.90 Å². The first-order chi connectivity index (χ1) is 9.79. The Bertz CT molecular complexity index is 510. The average Bonchev–Trinajstić information content (AvgIpc) is 2.48. The van der Waals surface area contributed by atoms with Gasteiger partial charge in [0.05, 0.1) is 6.61 Å². The van der Waals surface area contributed by atoms with Crippen molar-refractivity contribution < 1.29 is 5.11 Å². The molecule has 0 saturated carbocycles. The highest BCUT2D eigenvalue weighted by Gasteiger charge is 2.07. The summed E-state index contributed by atoms with van der Waals surface area (Å²) in [4.78, 5) is 2.31. The van der Waals surface area contributed by atoms with Crippen molar-refractivity contribution in [2.24, 2.45) is 0 Å². The first-order valence-corrected chi connectivity index (χ1v) is 7.21. The van der Waals surface area contributed by atoms with E-state index in [9.17, 15) is 5.11 Å². The molecule has 0 radical (unpaired) electrons. The quantitative estimate of drug-likeness (QED) is 0.835. The Morgan fingerprint density at radius 3 is 2.30 bits per heavy atom. The van der Waals surface area contributed by atoms with Crippen LogP contribution < -0.4 is 0 Å². The third-order valence-corrected chi connectivity index (χ3v) is 3.63. The molecule has 0 aliphatic rings. The fourth-order valence-corrected chi connectivity index (χ4v) is 2.37. The molecule has 2 aromatic rings. The zero-order valence-corrected chi connectivity index (χ0v) is 12.1. The van der Waals surface area contributed by atoms with Crippen LogP contribution in [-0.4, -0.2) is 29.7 Å². The molecule has 0 atom stereocenters. The van der Waals surface area contributed by atoms with Crippen LogP contribution in [-0.2, 0) is 13.0 Å². The molecule has 0 amide bonds. The van der Waals surface area contributed by atoms with Gasteiger partial charge in [0.25, 0.3) is 0 Å². The summed E-state index contributed by atoms with van der Waals surface area (Å²) in [5, 5.41) is 9.24. The summed E-state index contributed by atoms with van der Waals surface area (Å²) in [5.41, 5.74) is 4.00. The number of aliphatic hydroxyl groups excluding tert-OH is 1. The zero-order chi connectivity index (χ0) is 14.2. The molecule has 0 unspecified atom stereocenters. The van der Waals surface area contributed by atoms with Gasteiger partial charge in [-0.25, -0.2) is 0 Å². The van der Waals surface area contributed by atoms with Crippen molar-refractivity contribution in [3.05, 3.63) is 71.3 Å². The second-order valence-electron chi connectivity index (χ2n) is 5.16. The van der Waals surface area contributed by atoms with Gasteiger partial charge in [-0.2, -0.15) is 0 Å². The van der Waals surface area contributed by atoms with Crippen LogP contribution >= 0.6 is 0 Å². The lowest BCUT2D eigenvalue weighted by atomic mass is 10.1. The predicted molar refractivity (Wildman–Crippen MR) is 83.7 cm³/mol. The largest absolute Gasteiger partial charge is 0.395 e. The highest BCUT2D eigenvalue weighted by atomic mass is 16.3. The number of hydrogen-bond acceptors (Lipinski definition) is 2. The van der Waals surface area contributed by atoms with E-state index in [4.69, 9.17) is 0 Å². The Balaban J connectivity index is 1.95. The van der Waals surface area contributed by atoms with Crippen LogP contribution in [0.4, 0.5) is 0 Å². The van der Waals surface area contributed by atoms with Gasteiger partial charge in [0.15, 0.2) is 0 Å². The number of aryl methyl sites for hydroxylation is 1. The van der Waals surface area contributed by atoms with E-state index in [1.54, 1.807) is 0 Å². The van der Waals surface area contributed by atoms with Gasteiger partial charge in [0.1, 0.15) is 0 Å². The van der Waals surface area contributed by atoms with E-state index < -0.39 is 0 Å². The smallest absolute Gasteiger partial charge is 0.0558 e. The first kappa shape index (κ1) is 14.8. The minimum absolute atomic E-state index is 0.209. The summed E-state index contributed by atoms with van der Waals surface area (Å²) in [7, 11) is 0.